The first-order valence-electron chi connectivity index (χ1n) is 5.06. The Bertz CT molecular complexity index is 146. The van der Waals surface area contributed by atoms with Crippen LogP contribution in [-0.2, 0) is 9.47 Å². The Hall–Kier alpha value is -0.120. The largest absolute Gasteiger partial charge is 0.380 e. The standard InChI is InChI=1S/C10H21NO2/c1-4-13-9(2)5-11-6-10(3)7-12-8-10/h9,11H,4-8H2,1-3H3. The summed E-state index contributed by atoms with van der Waals surface area (Å²) in [5.41, 5.74) is 0.367. The second-order valence-electron chi connectivity index (χ2n) is 4.20. The zero-order valence-corrected chi connectivity index (χ0v) is 8.93. The molecule has 3 heteroatoms. The molecule has 78 valence electrons. The minimum Gasteiger partial charge on any atom is -0.380 e. The van der Waals surface area contributed by atoms with Gasteiger partial charge in [0.15, 0.2) is 0 Å². The minimum atomic E-state index is 0.314. The van der Waals surface area contributed by atoms with E-state index in [4.69, 9.17) is 9.47 Å². The average molecular weight is 187 g/mol. The molecule has 0 spiro atoms. The van der Waals surface area contributed by atoms with Gasteiger partial charge in [-0.05, 0) is 13.8 Å². The van der Waals surface area contributed by atoms with E-state index in [0.717, 1.165) is 32.9 Å². The SMILES string of the molecule is CCOC(C)CNCC1(C)COC1. The molecule has 1 aliphatic heterocycles. The lowest BCUT2D eigenvalue weighted by molar-refractivity contribution is -0.0998. The Balaban J connectivity index is 1.99. The first-order valence-corrected chi connectivity index (χ1v) is 5.06. The van der Waals surface area contributed by atoms with Gasteiger partial charge >= 0.3 is 0 Å². The van der Waals surface area contributed by atoms with Gasteiger partial charge in [0.1, 0.15) is 0 Å². The van der Waals surface area contributed by atoms with Crippen molar-refractivity contribution in [2.24, 2.45) is 5.41 Å². The fraction of sp³-hybridized carbons (Fsp3) is 1.00. The molecule has 1 fully saturated rings. The molecule has 1 saturated heterocycles. The highest BCUT2D eigenvalue weighted by molar-refractivity contribution is 4.83. The van der Waals surface area contributed by atoms with E-state index in [-0.39, 0.29) is 0 Å². The summed E-state index contributed by atoms with van der Waals surface area (Å²) in [5, 5.41) is 3.41. The Morgan fingerprint density at radius 3 is 2.69 bits per heavy atom. The van der Waals surface area contributed by atoms with E-state index in [1.165, 1.54) is 0 Å². The van der Waals surface area contributed by atoms with Crippen LogP contribution in [0.4, 0.5) is 0 Å². The maximum Gasteiger partial charge on any atom is 0.0671 e. The third-order valence-electron chi connectivity index (χ3n) is 2.34. The molecule has 0 radical (unpaired) electrons. The lowest BCUT2D eigenvalue weighted by Gasteiger charge is -2.38. The Kier molecular flexibility index (Phi) is 4.16. The minimum absolute atomic E-state index is 0.314. The number of hydrogen-bond acceptors (Lipinski definition) is 3. The molecule has 0 aromatic carbocycles. The second-order valence-corrected chi connectivity index (χ2v) is 4.20. The van der Waals surface area contributed by atoms with Crippen LogP contribution in [-0.4, -0.2) is 39.0 Å². The van der Waals surface area contributed by atoms with Crippen molar-refractivity contribution in [3.8, 4) is 0 Å². The predicted molar refractivity (Wildman–Crippen MR) is 52.9 cm³/mol. The molecule has 1 unspecified atom stereocenters. The van der Waals surface area contributed by atoms with Crippen LogP contribution in [0.15, 0.2) is 0 Å². The van der Waals surface area contributed by atoms with Gasteiger partial charge in [-0.1, -0.05) is 6.92 Å². The van der Waals surface area contributed by atoms with Gasteiger partial charge in [-0.3, -0.25) is 0 Å². The van der Waals surface area contributed by atoms with Gasteiger partial charge in [0.25, 0.3) is 0 Å². The highest BCUT2D eigenvalue weighted by atomic mass is 16.5. The highest BCUT2D eigenvalue weighted by Crippen LogP contribution is 2.24. The second kappa shape index (κ2) is 4.94. The Labute approximate surface area is 80.8 Å². The van der Waals surface area contributed by atoms with E-state index in [0.29, 0.717) is 11.5 Å². The summed E-state index contributed by atoms with van der Waals surface area (Å²) in [6, 6.07) is 0. The zero-order valence-electron chi connectivity index (χ0n) is 8.93. The van der Waals surface area contributed by atoms with Crippen LogP contribution in [0, 0.1) is 5.41 Å². The van der Waals surface area contributed by atoms with Crippen LogP contribution in [0.5, 0.6) is 0 Å². The van der Waals surface area contributed by atoms with Crippen molar-refractivity contribution < 1.29 is 9.47 Å². The van der Waals surface area contributed by atoms with Crippen LogP contribution < -0.4 is 5.32 Å². The molecule has 0 aromatic rings. The topological polar surface area (TPSA) is 30.5 Å². The van der Waals surface area contributed by atoms with Crippen LogP contribution in [0.25, 0.3) is 0 Å². The molecule has 0 saturated carbocycles. The summed E-state index contributed by atoms with van der Waals surface area (Å²) < 4.78 is 10.6. The van der Waals surface area contributed by atoms with E-state index in [1.54, 1.807) is 0 Å². The van der Waals surface area contributed by atoms with Gasteiger partial charge in [-0.2, -0.15) is 0 Å². The number of rotatable bonds is 6. The monoisotopic (exact) mass is 187 g/mol. The summed E-state index contributed by atoms with van der Waals surface area (Å²) in [6.07, 6.45) is 0.314. The quantitative estimate of drug-likeness (QED) is 0.674. The van der Waals surface area contributed by atoms with Gasteiger partial charge in [-0.15, -0.1) is 0 Å². The van der Waals surface area contributed by atoms with Crippen molar-refractivity contribution in [2.75, 3.05) is 32.9 Å². The molecule has 3 nitrogen and oxygen atoms in total. The molecule has 1 atom stereocenters. The van der Waals surface area contributed by atoms with E-state index < -0.39 is 0 Å². The van der Waals surface area contributed by atoms with Crippen molar-refractivity contribution >= 4 is 0 Å². The normalized spacial score (nSPS) is 22.4. The van der Waals surface area contributed by atoms with E-state index in [1.807, 2.05) is 6.92 Å². The van der Waals surface area contributed by atoms with Crippen molar-refractivity contribution in [1.82, 2.24) is 5.32 Å². The summed E-state index contributed by atoms with van der Waals surface area (Å²) in [6.45, 7) is 10.9. The van der Waals surface area contributed by atoms with Crippen LogP contribution in [0.3, 0.4) is 0 Å². The fourth-order valence-corrected chi connectivity index (χ4v) is 1.47. The maximum atomic E-state index is 5.41. The van der Waals surface area contributed by atoms with Crippen molar-refractivity contribution in [3.63, 3.8) is 0 Å². The average Bonchev–Trinajstić information content (AvgIpc) is 2.02. The van der Waals surface area contributed by atoms with E-state index >= 15 is 0 Å². The van der Waals surface area contributed by atoms with E-state index in [9.17, 15) is 0 Å². The van der Waals surface area contributed by atoms with Gasteiger partial charge in [0.2, 0.25) is 0 Å². The molecule has 1 heterocycles. The van der Waals surface area contributed by atoms with Crippen molar-refractivity contribution in [1.29, 1.82) is 0 Å². The Morgan fingerprint density at radius 2 is 2.23 bits per heavy atom. The Morgan fingerprint density at radius 1 is 1.54 bits per heavy atom. The van der Waals surface area contributed by atoms with Gasteiger partial charge in [0, 0.05) is 25.1 Å². The van der Waals surface area contributed by atoms with Crippen LogP contribution >= 0.6 is 0 Å². The van der Waals surface area contributed by atoms with Crippen molar-refractivity contribution in [3.05, 3.63) is 0 Å². The zero-order chi connectivity index (χ0) is 9.73. The molecule has 0 amide bonds. The first kappa shape index (κ1) is 11.0. The molecule has 1 rings (SSSR count). The summed E-state index contributed by atoms with van der Waals surface area (Å²) in [7, 11) is 0. The summed E-state index contributed by atoms with van der Waals surface area (Å²) in [4.78, 5) is 0. The fourth-order valence-electron chi connectivity index (χ4n) is 1.47. The third-order valence-corrected chi connectivity index (χ3v) is 2.34. The van der Waals surface area contributed by atoms with Gasteiger partial charge in [0.05, 0.1) is 19.3 Å². The van der Waals surface area contributed by atoms with Crippen LogP contribution in [0.2, 0.25) is 0 Å². The van der Waals surface area contributed by atoms with Gasteiger partial charge in [-0.25, -0.2) is 0 Å². The first-order chi connectivity index (χ1) is 6.16. The molecule has 0 aromatic heterocycles. The number of hydrogen-bond donors (Lipinski definition) is 1. The molecular formula is C10H21NO2. The molecule has 0 bridgehead atoms. The molecule has 1 aliphatic rings. The predicted octanol–water partition coefficient (Wildman–Crippen LogP) is 1.04. The maximum absolute atomic E-state index is 5.41. The van der Waals surface area contributed by atoms with Crippen molar-refractivity contribution in [2.45, 2.75) is 26.9 Å². The number of nitrogens with one attached hydrogen (secondary N) is 1. The highest BCUT2D eigenvalue weighted by Gasteiger charge is 2.32. The summed E-state index contributed by atoms with van der Waals surface area (Å²) in [5.74, 6) is 0. The lowest BCUT2D eigenvalue weighted by Crippen LogP contribution is -2.48. The van der Waals surface area contributed by atoms with Gasteiger partial charge < -0.3 is 14.8 Å². The molecule has 1 N–H and O–H groups in total. The number of ether oxygens (including phenoxy) is 2. The van der Waals surface area contributed by atoms with E-state index in [2.05, 4.69) is 19.2 Å². The molecular weight excluding hydrogens is 166 g/mol. The lowest BCUT2D eigenvalue weighted by atomic mass is 9.89. The summed E-state index contributed by atoms with van der Waals surface area (Å²) >= 11 is 0. The third kappa shape index (κ3) is 3.63. The molecule has 0 aliphatic carbocycles. The molecule has 13 heavy (non-hydrogen) atoms. The smallest absolute Gasteiger partial charge is 0.0671 e. The van der Waals surface area contributed by atoms with Crippen LogP contribution in [0.1, 0.15) is 20.8 Å².